The number of nitrogens with one attached hydrogen (secondary N) is 1. The molecule has 1 atom stereocenters. The first-order valence-electron chi connectivity index (χ1n) is 7.11. The molecule has 0 unspecified atom stereocenters. The molecular weight excluding hydrogens is 344 g/mol. The van der Waals surface area contributed by atoms with Crippen molar-refractivity contribution in [1.29, 1.82) is 0 Å². The zero-order chi connectivity index (χ0) is 17.1. The Morgan fingerprint density at radius 2 is 2.00 bits per heavy atom. The van der Waals surface area contributed by atoms with E-state index < -0.39 is 17.2 Å². The molecule has 6 nitrogen and oxygen atoms in total. The lowest BCUT2D eigenvalue weighted by Gasteiger charge is -2.09. The monoisotopic (exact) mass is 358 g/mol. The van der Waals surface area contributed by atoms with Crippen LogP contribution < -0.4 is 11.1 Å². The van der Waals surface area contributed by atoms with Gasteiger partial charge in [0.05, 0.1) is 5.25 Å². The largest absolute Gasteiger partial charge is 0.351 e. The highest BCUT2D eigenvalue weighted by Gasteiger charge is 2.19. The molecule has 0 saturated heterocycles. The van der Waals surface area contributed by atoms with Crippen molar-refractivity contribution >= 4 is 45.3 Å². The summed E-state index contributed by atoms with van der Waals surface area (Å²) in [4.78, 5) is 33.2. The maximum atomic E-state index is 11.8. The molecule has 0 fully saturated rings. The Bertz CT molecular complexity index is 895. The standard InChI is InChI=1S/C16H14N4O2S2/c1-9(13(21)20-16(17)22)23-14-11-7-12(10-5-3-2-4-6-10)24-15(11)19-8-18-14/h2-9H,1H3,(H3,17,20,21,22)/t9-/m0/s1. The molecule has 0 aliphatic heterocycles. The van der Waals surface area contributed by atoms with Gasteiger partial charge in [-0.25, -0.2) is 14.8 Å². The van der Waals surface area contributed by atoms with Crippen molar-refractivity contribution in [2.75, 3.05) is 0 Å². The third kappa shape index (κ3) is 3.55. The fourth-order valence-electron chi connectivity index (χ4n) is 2.12. The Morgan fingerprint density at radius 1 is 1.25 bits per heavy atom. The number of fused-ring (bicyclic) bond motifs is 1. The van der Waals surface area contributed by atoms with Crippen LogP contribution in [0.5, 0.6) is 0 Å². The van der Waals surface area contributed by atoms with Gasteiger partial charge in [-0.2, -0.15) is 0 Å². The molecule has 8 heteroatoms. The van der Waals surface area contributed by atoms with Gasteiger partial charge in [0.1, 0.15) is 16.2 Å². The average molecular weight is 358 g/mol. The maximum absolute atomic E-state index is 11.8. The summed E-state index contributed by atoms with van der Waals surface area (Å²) in [5.74, 6) is -0.447. The van der Waals surface area contributed by atoms with E-state index in [4.69, 9.17) is 5.73 Å². The lowest BCUT2D eigenvalue weighted by Crippen LogP contribution is -2.39. The van der Waals surface area contributed by atoms with E-state index in [1.807, 2.05) is 36.4 Å². The smallest absolute Gasteiger partial charge is 0.318 e. The molecule has 0 spiro atoms. The second-order valence-corrected chi connectivity index (χ2v) is 7.35. The van der Waals surface area contributed by atoms with Crippen LogP contribution in [0.4, 0.5) is 4.79 Å². The van der Waals surface area contributed by atoms with Gasteiger partial charge >= 0.3 is 6.03 Å². The molecule has 0 aliphatic rings. The number of nitrogens with two attached hydrogens (primary N) is 1. The van der Waals surface area contributed by atoms with Crippen molar-refractivity contribution in [1.82, 2.24) is 15.3 Å². The summed E-state index contributed by atoms with van der Waals surface area (Å²) in [5, 5.41) is 3.17. The molecule has 1 aromatic carbocycles. The lowest BCUT2D eigenvalue weighted by atomic mass is 10.2. The van der Waals surface area contributed by atoms with E-state index in [9.17, 15) is 9.59 Å². The number of thioether (sulfide) groups is 1. The van der Waals surface area contributed by atoms with Gasteiger partial charge < -0.3 is 5.73 Å². The molecule has 0 radical (unpaired) electrons. The number of benzene rings is 1. The van der Waals surface area contributed by atoms with E-state index in [2.05, 4.69) is 15.3 Å². The molecule has 2 heterocycles. The zero-order valence-corrected chi connectivity index (χ0v) is 14.4. The van der Waals surface area contributed by atoms with Crippen LogP contribution in [0.2, 0.25) is 0 Å². The first-order valence-corrected chi connectivity index (χ1v) is 8.81. The number of rotatable bonds is 4. The number of aromatic nitrogens is 2. The summed E-state index contributed by atoms with van der Waals surface area (Å²) in [7, 11) is 0. The van der Waals surface area contributed by atoms with E-state index in [0.717, 1.165) is 20.7 Å². The number of hydrogen-bond acceptors (Lipinski definition) is 6. The van der Waals surface area contributed by atoms with Gasteiger partial charge in [-0.05, 0) is 18.6 Å². The quantitative estimate of drug-likeness (QED) is 0.552. The second-order valence-electron chi connectivity index (χ2n) is 4.99. The van der Waals surface area contributed by atoms with Crippen molar-refractivity contribution in [2.24, 2.45) is 5.73 Å². The number of carbonyl (C=O) groups excluding carboxylic acids is 2. The molecule has 3 amide bonds. The van der Waals surface area contributed by atoms with Crippen LogP contribution in [0, 0.1) is 0 Å². The predicted molar refractivity (Wildman–Crippen MR) is 95.9 cm³/mol. The Kier molecular flexibility index (Phi) is 4.77. The van der Waals surface area contributed by atoms with Crippen LogP contribution in [0.15, 0.2) is 47.8 Å². The van der Waals surface area contributed by atoms with Crippen molar-refractivity contribution in [3.8, 4) is 10.4 Å². The highest BCUT2D eigenvalue weighted by atomic mass is 32.2. The number of amides is 3. The summed E-state index contributed by atoms with van der Waals surface area (Å²) >= 11 is 2.84. The molecule has 24 heavy (non-hydrogen) atoms. The van der Waals surface area contributed by atoms with Crippen molar-refractivity contribution in [2.45, 2.75) is 17.2 Å². The third-order valence-corrected chi connectivity index (χ3v) is 5.46. The molecule has 122 valence electrons. The van der Waals surface area contributed by atoms with Crippen LogP contribution in [0.3, 0.4) is 0 Å². The molecule has 3 N–H and O–H groups in total. The number of hydrogen-bond donors (Lipinski definition) is 2. The molecule has 0 aliphatic carbocycles. The highest BCUT2D eigenvalue weighted by Crippen LogP contribution is 2.37. The van der Waals surface area contributed by atoms with Gasteiger partial charge in [-0.1, -0.05) is 42.1 Å². The molecule has 3 aromatic rings. The van der Waals surface area contributed by atoms with Crippen LogP contribution in [0.1, 0.15) is 6.92 Å². The Morgan fingerprint density at radius 3 is 2.71 bits per heavy atom. The minimum Gasteiger partial charge on any atom is -0.351 e. The third-order valence-electron chi connectivity index (χ3n) is 3.26. The lowest BCUT2D eigenvalue weighted by molar-refractivity contribution is -0.119. The van der Waals surface area contributed by atoms with Crippen molar-refractivity contribution < 1.29 is 9.59 Å². The van der Waals surface area contributed by atoms with E-state index >= 15 is 0 Å². The minimum atomic E-state index is -0.859. The van der Waals surface area contributed by atoms with E-state index in [-0.39, 0.29) is 0 Å². The van der Waals surface area contributed by atoms with Crippen LogP contribution in [0.25, 0.3) is 20.7 Å². The molecule has 0 saturated carbocycles. The number of imide groups is 1. The number of urea groups is 1. The maximum Gasteiger partial charge on any atom is 0.318 e. The van der Waals surface area contributed by atoms with Crippen molar-refractivity contribution in [3.05, 3.63) is 42.7 Å². The number of thiophene rings is 1. The van der Waals surface area contributed by atoms with E-state index in [1.165, 1.54) is 18.1 Å². The summed E-state index contributed by atoms with van der Waals surface area (Å²) in [5.41, 5.74) is 6.09. The zero-order valence-electron chi connectivity index (χ0n) is 12.7. The second kappa shape index (κ2) is 6.98. The highest BCUT2D eigenvalue weighted by molar-refractivity contribution is 8.00. The summed E-state index contributed by atoms with van der Waals surface area (Å²) in [6.07, 6.45) is 1.48. The van der Waals surface area contributed by atoms with Crippen LogP contribution in [-0.2, 0) is 4.79 Å². The normalized spacial score (nSPS) is 12.0. The summed E-state index contributed by atoms with van der Waals surface area (Å²) in [6, 6.07) is 11.2. The number of carbonyl (C=O) groups is 2. The molecule has 3 rings (SSSR count). The van der Waals surface area contributed by atoms with Gasteiger partial charge in [0.25, 0.3) is 0 Å². The number of nitrogens with zero attached hydrogens (tertiary/aromatic N) is 2. The first-order chi connectivity index (χ1) is 11.5. The minimum absolute atomic E-state index is 0.447. The predicted octanol–water partition coefficient (Wildman–Crippen LogP) is 3.03. The molecular formula is C16H14N4O2S2. The van der Waals surface area contributed by atoms with Crippen molar-refractivity contribution in [3.63, 3.8) is 0 Å². The Hall–Kier alpha value is -2.45. The van der Waals surface area contributed by atoms with E-state index in [0.29, 0.717) is 5.03 Å². The van der Waals surface area contributed by atoms with Crippen LogP contribution in [-0.4, -0.2) is 27.2 Å². The Balaban J connectivity index is 1.90. The molecule has 2 aromatic heterocycles. The van der Waals surface area contributed by atoms with Gasteiger partial charge in [0.2, 0.25) is 5.91 Å². The topological polar surface area (TPSA) is 98.0 Å². The fraction of sp³-hybridized carbons (Fsp3) is 0.125. The van der Waals surface area contributed by atoms with Gasteiger partial charge in [0, 0.05) is 10.3 Å². The van der Waals surface area contributed by atoms with Gasteiger partial charge in [-0.15, -0.1) is 11.3 Å². The number of primary amides is 1. The summed E-state index contributed by atoms with van der Waals surface area (Å²) < 4.78 is 0. The van der Waals surface area contributed by atoms with Crippen LogP contribution >= 0.6 is 23.1 Å². The SMILES string of the molecule is C[C@H](Sc1ncnc2sc(-c3ccccc3)cc12)C(=O)NC(N)=O. The Labute approximate surface area is 146 Å². The average Bonchev–Trinajstić information content (AvgIpc) is 3.00. The fourth-order valence-corrected chi connectivity index (χ4v) is 4.08. The van der Waals surface area contributed by atoms with Gasteiger partial charge in [-0.3, -0.25) is 10.1 Å². The first kappa shape index (κ1) is 16.4. The molecule has 0 bridgehead atoms. The van der Waals surface area contributed by atoms with E-state index in [1.54, 1.807) is 18.3 Å². The summed E-state index contributed by atoms with van der Waals surface area (Å²) in [6.45, 7) is 1.70. The van der Waals surface area contributed by atoms with Gasteiger partial charge in [0.15, 0.2) is 0 Å².